The van der Waals surface area contributed by atoms with Gasteiger partial charge in [-0.15, -0.1) is 11.3 Å². The van der Waals surface area contributed by atoms with Crippen molar-refractivity contribution in [2.75, 3.05) is 52.5 Å². The molecule has 10 heteroatoms. The number of hydrogen-bond donors (Lipinski definition) is 2. The van der Waals surface area contributed by atoms with Crippen molar-refractivity contribution in [3.8, 4) is 0 Å². The zero-order chi connectivity index (χ0) is 22.4. The fourth-order valence-electron chi connectivity index (χ4n) is 3.86. The van der Waals surface area contributed by atoms with Crippen molar-refractivity contribution in [2.24, 2.45) is 0 Å². The van der Waals surface area contributed by atoms with Gasteiger partial charge in [0.2, 0.25) is 0 Å². The molecule has 0 spiro atoms. The Kier molecular flexibility index (Phi) is 8.56. The van der Waals surface area contributed by atoms with Crippen LogP contribution < -0.4 is 5.56 Å². The minimum absolute atomic E-state index is 0.255. The predicted molar refractivity (Wildman–Crippen MR) is 120 cm³/mol. The second-order valence-corrected chi connectivity index (χ2v) is 8.77. The Morgan fingerprint density at radius 2 is 2.13 bits per heavy atom. The summed E-state index contributed by atoms with van der Waals surface area (Å²) in [5.74, 6) is 0.101. The average Bonchev–Trinajstić information content (AvgIpc) is 3.06. The van der Waals surface area contributed by atoms with Crippen LogP contribution in [0.5, 0.6) is 0 Å². The van der Waals surface area contributed by atoms with Crippen LogP contribution in [0.25, 0.3) is 10.2 Å². The first-order valence-electron chi connectivity index (χ1n) is 10.8. The molecular weight excluding hydrogens is 420 g/mol. The van der Waals surface area contributed by atoms with Gasteiger partial charge in [0, 0.05) is 26.2 Å². The summed E-state index contributed by atoms with van der Waals surface area (Å²) in [6.45, 7) is 11.2. The number of aliphatic hydroxyl groups is 1. The molecule has 172 valence electrons. The summed E-state index contributed by atoms with van der Waals surface area (Å²) in [7, 11) is 0. The van der Waals surface area contributed by atoms with Gasteiger partial charge in [-0.1, -0.05) is 6.92 Å². The topological polar surface area (TPSA) is 108 Å². The number of nitrogens with zero attached hydrogens (tertiary/aromatic N) is 3. The number of rotatable bonds is 10. The summed E-state index contributed by atoms with van der Waals surface area (Å²) < 4.78 is 10.5. The molecular formula is C21H32N4O5S. The van der Waals surface area contributed by atoms with Crippen LogP contribution in [-0.4, -0.2) is 89.5 Å². The summed E-state index contributed by atoms with van der Waals surface area (Å²) >= 11 is 1.19. The highest BCUT2D eigenvalue weighted by atomic mass is 32.1. The molecule has 0 radical (unpaired) electrons. The second kappa shape index (κ2) is 11.1. The zero-order valence-corrected chi connectivity index (χ0v) is 19.3. The highest BCUT2D eigenvalue weighted by Crippen LogP contribution is 2.27. The second-order valence-electron chi connectivity index (χ2n) is 7.77. The first-order valence-corrected chi connectivity index (χ1v) is 11.6. The fourth-order valence-corrected chi connectivity index (χ4v) is 4.95. The number of hydrogen-bond acceptors (Lipinski definition) is 9. The van der Waals surface area contributed by atoms with E-state index < -0.39 is 12.1 Å². The molecule has 0 bridgehead atoms. The van der Waals surface area contributed by atoms with E-state index in [9.17, 15) is 14.7 Å². The van der Waals surface area contributed by atoms with Gasteiger partial charge in [-0.2, -0.15) is 0 Å². The number of aliphatic hydroxyl groups excluding tert-OH is 1. The van der Waals surface area contributed by atoms with E-state index in [1.807, 2.05) is 0 Å². The third-order valence-electron chi connectivity index (χ3n) is 5.27. The van der Waals surface area contributed by atoms with Gasteiger partial charge in [0.1, 0.15) is 15.5 Å². The van der Waals surface area contributed by atoms with E-state index in [2.05, 4.69) is 26.7 Å². The Balaban J connectivity index is 1.74. The predicted octanol–water partition coefficient (Wildman–Crippen LogP) is 1.37. The molecule has 0 aliphatic carbocycles. The number of carbonyl (C=O) groups is 1. The van der Waals surface area contributed by atoms with E-state index >= 15 is 0 Å². The van der Waals surface area contributed by atoms with Crippen LogP contribution in [0.4, 0.5) is 0 Å². The maximum absolute atomic E-state index is 12.7. The molecule has 1 aliphatic rings. The number of aryl methyl sites for hydroxylation is 1. The molecule has 0 aromatic carbocycles. The van der Waals surface area contributed by atoms with Crippen LogP contribution in [-0.2, 0) is 16.0 Å². The number of nitrogens with one attached hydrogen (secondary N) is 1. The van der Waals surface area contributed by atoms with E-state index in [1.54, 1.807) is 13.8 Å². The number of aromatic amines is 1. The summed E-state index contributed by atoms with van der Waals surface area (Å²) in [6, 6.07) is 0. The number of fused-ring (bicyclic) bond motifs is 1. The highest BCUT2D eigenvalue weighted by Gasteiger charge is 2.22. The lowest BCUT2D eigenvalue weighted by Gasteiger charge is -2.31. The van der Waals surface area contributed by atoms with E-state index in [-0.39, 0.29) is 12.2 Å². The molecule has 3 heterocycles. The number of carbonyl (C=O) groups excluding carboxylic acids is 1. The van der Waals surface area contributed by atoms with Crippen molar-refractivity contribution in [1.82, 2.24) is 19.8 Å². The van der Waals surface area contributed by atoms with E-state index in [1.165, 1.54) is 11.3 Å². The van der Waals surface area contributed by atoms with Crippen LogP contribution in [0.2, 0.25) is 0 Å². The molecule has 1 saturated heterocycles. The SMILES string of the molecule is CCCN(Cc1nc2sc(C(=O)OCC)c(C)c2c(=O)[nH]1)C[C@H](O)CN1CCOCC1. The largest absolute Gasteiger partial charge is 0.462 e. The Bertz CT molecular complexity index is 938. The van der Waals surface area contributed by atoms with E-state index in [0.29, 0.717) is 59.3 Å². The maximum Gasteiger partial charge on any atom is 0.348 e. The lowest BCUT2D eigenvalue weighted by molar-refractivity contribution is 0.00610. The molecule has 1 aliphatic heterocycles. The van der Waals surface area contributed by atoms with Gasteiger partial charge in [-0.3, -0.25) is 14.6 Å². The first-order chi connectivity index (χ1) is 14.9. The van der Waals surface area contributed by atoms with Gasteiger partial charge in [0.05, 0.1) is 37.9 Å². The van der Waals surface area contributed by atoms with Crippen molar-refractivity contribution >= 4 is 27.5 Å². The molecule has 31 heavy (non-hydrogen) atoms. The summed E-state index contributed by atoms with van der Waals surface area (Å²) in [5, 5.41) is 11.0. The lowest BCUT2D eigenvalue weighted by Crippen LogP contribution is -2.44. The number of β-amino-alcohol motifs (C(OH)–C–C–N with tert-alkyl or cyclic N) is 1. The molecule has 0 saturated carbocycles. The maximum atomic E-state index is 12.7. The molecule has 1 atom stereocenters. The van der Waals surface area contributed by atoms with E-state index in [4.69, 9.17) is 9.47 Å². The Labute approximate surface area is 186 Å². The molecule has 0 unspecified atom stereocenters. The lowest BCUT2D eigenvalue weighted by atomic mass is 10.2. The number of ether oxygens (including phenoxy) is 2. The number of esters is 1. The summed E-state index contributed by atoms with van der Waals surface area (Å²) in [5.41, 5.74) is 0.347. The molecule has 2 N–H and O–H groups in total. The number of thiophene rings is 1. The monoisotopic (exact) mass is 452 g/mol. The quantitative estimate of drug-likeness (QED) is 0.521. The fraction of sp³-hybridized carbons (Fsp3) is 0.667. The van der Waals surface area contributed by atoms with Gasteiger partial charge in [-0.25, -0.2) is 9.78 Å². The van der Waals surface area contributed by atoms with Gasteiger partial charge in [-0.05, 0) is 32.4 Å². The van der Waals surface area contributed by atoms with Gasteiger partial charge >= 0.3 is 5.97 Å². The van der Waals surface area contributed by atoms with Crippen molar-refractivity contribution in [2.45, 2.75) is 39.8 Å². The number of H-pyrrole nitrogens is 1. The van der Waals surface area contributed by atoms with Crippen LogP contribution >= 0.6 is 11.3 Å². The summed E-state index contributed by atoms with van der Waals surface area (Å²) in [6.07, 6.45) is 0.418. The van der Waals surface area contributed by atoms with E-state index in [0.717, 1.165) is 26.1 Å². The molecule has 2 aromatic rings. The van der Waals surface area contributed by atoms with Gasteiger partial charge in [0.15, 0.2) is 0 Å². The van der Waals surface area contributed by atoms with Crippen molar-refractivity contribution in [3.63, 3.8) is 0 Å². The molecule has 3 rings (SSSR count). The minimum atomic E-state index is -0.500. The van der Waals surface area contributed by atoms with Crippen molar-refractivity contribution < 1.29 is 19.4 Å². The Morgan fingerprint density at radius 1 is 1.39 bits per heavy atom. The number of morpholine rings is 1. The Morgan fingerprint density at radius 3 is 2.81 bits per heavy atom. The molecule has 9 nitrogen and oxygen atoms in total. The van der Waals surface area contributed by atoms with Crippen LogP contribution in [0.15, 0.2) is 4.79 Å². The van der Waals surface area contributed by atoms with Gasteiger partial charge in [0.25, 0.3) is 5.56 Å². The van der Waals surface area contributed by atoms with Crippen molar-refractivity contribution in [3.05, 3.63) is 26.6 Å². The minimum Gasteiger partial charge on any atom is -0.462 e. The molecule has 0 amide bonds. The summed E-state index contributed by atoms with van der Waals surface area (Å²) in [4.78, 5) is 37.6. The molecule has 2 aromatic heterocycles. The highest BCUT2D eigenvalue weighted by molar-refractivity contribution is 7.20. The molecule has 1 fully saturated rings. The van der Waals surface area contributed by atoms with Crippen LogP contribution in [0, 0.1) is 6.92 Å². The standard InChI is InChI=1S/C21H32N4O5S/c1-4-6-25(12-15(26)11-24-7-9-29-10-8-24)13-16-22-19(27)17-14(3)18(21(28)30-5-2)31-20(17)23-16/h15,26H,4-13H2,1-3H3,(H,22,23,27)/t15-/m1/s1. The normalized spacial score (nSPS) is 16.2. The van der Waals surface area contributed by atoms with Crippen LogP contribution in [0.3, 0.4) is 0 Å². The smallest absolute Gasteiger partial charge is 0.348 e. The zero-order valence-electron chi connectivity index (χ0n) is 18.5. The third-order valence-corrected chi connectivity index (χ3v) is 6.43. The third kappa shape index (κ3) is 6.11. The van der Waals surface area contributed by atoms with Crippen LogP contribution in [0.1, 0.15) is 41.3 Å². The van der Waals surface area contributed by atoms with Gasteiger partial charge < -0.3 is 19.6 Å². The Hall–Kier alpha value is -1.85. The average molecular weight is 453 g/mol. The first kappa shape index (κ1) is 23.8. The van der Waals surface area contributed by atoms with Crippen molar-refractivity contribution in [1.29, 1.82) is 0 Å². The number of aromatic nitrogens is 2.